The van der Waals surface area contributed by atoms with Crippen molar-refractivity contribution in [2.75, 3.05) is 6.61 Å². The van der Waals surface area contributed by atoms with Crippen LogP contribution in [0.1, 0.15) is 57.6 Å². The summed E-state index contributed by atoms with van der Waals surface area (Å²) in [7, 11) is 0. The summed E-state index contributed by atoms with van der Waals surface area (Å²) in [5, 5.41) is 9.94. The van der Waals surface area contributed by atoms with Crippen molar-refractivity contribution in [2.24, 2.45) is 22.7 Å². The lowest BCUT2D eigenvalue weighted by Gasteiger charge is -2.59. The van der Waals surface area contributed by atoms with E-state index in [4.69, 9.17) is 9.15 Å². The standard InChI is InChI=1S/C20H26O5/c1-18-7-6-15-19(2,8-16(21)25-11-20(15,3)17(22)23)14(18)5-4-12-9-24-10-13(12)18/h9-10,14-15H,4-8,11H2,1-3H3,(H,22,23)/t14-,15+,18-,19+,20-/m0/s1. The minimum Gasteiger partial charge on any atom is -0.481 e. The molecule has 5 heteroatoms. The zero-order chi connectivity index (χ0) is 18.0. The van der Waals surface area contributed by atoms with Crippen LogP contribution >= 0.6 is 0 Å². The van der Waals surface area contributed by atoms with Crippen molar-refractivity contribution < 1.29 is 23.8 Å². The number of aryl methyl sites for hydroxylation is 1. The summed E-state index contributed by atoms with van der Waals surface area (Å²) in [5.41, 5.74) is 1.02. The largest absolute Gasteiger partial charge is 0.481 e. The first-order valence-corrected chi connectivity index (χ1v) is 9.16. The Kier molecular flexibility index (Phi) is 3.41. The Hall–Kier alpha value is -1.78. The number of carbonyl (C=O) groups excluding carboxylic acids is 1. The molecule has 2 heterocycles. The van der Waals surface area contributed by atoms with Crippen LogP contribution in [0.25, 0.3) is 0 Å². The fourth-order valence-electron chi connectivity index (χ4n) is 6.40. The fraction of sp³-hybridized carbons (Fsp3) is 0.700. The minimum absolute atomic E-state index is 0.0260. The maximum atomic E-state index is 12.4. The van der Waals surface area contributed by atoms with Crippen molar-refractivity contribution in [2.45, 2.75) is 58.3 Å². The van der Waals surface area contributed by atoms with Gasteiger partial charge in [-0.3, -0.25) is 9.59 Å². The van der Waals surface area contributed by atoms with E-state index in [-0.39, 0.29) is 35.2 Å². The summed E-state index contributed by atoms with van der Waals surface area (Å²) in [4.78, 5) is 24.5. The lowest BCUT2D eigenvalue weighted by Crippen LogP contribution is -2.58. The molecule has 1 aliphatic heterocycles. The number of ether oxygens (including phenoxy) is 1. The van der Waals surface area contributed by atoms with E-state index in [1.807, 2.05) is 12.5 Å². The molecule has 4 rings (SSSR count). The number of carboxylic acid groups (broad SMARTS) is 1. The van der Waals surface area contributed by atoms with Crippen molar-refractivity contribution >= 4 is 11.9 Å². The average molecular weight is 346 g/mol. The van der Waals surface area contributed by atoms with Crippen LogP contribution < -0.4 is 0 Å². The number of fused-ring (bicyclic) bond motifs is 5. The van der Waals surface area contributed by atoms with Crippen LogP contribution in [0.15, 0.2) is 16.9 Å². The molecule has 0 unspecified atom stereocenters. The molecular formula is C20H26O5. The van der Waals surface area contributed by atoms with Gasteiger partial charge in [0.1, 0.15) is 12.0 Å². The van der Waals surface area contributed by atoms with Crippen molar-refractivity contribution in [3.63, 3.8) is 0 Å². The molecule has 5 nitrogen and oxygen atoms in total. The molecule has 1 aromatic rings. The third kappa shape index (κ3) is 2.07. The molecule has 1 saturated heterocycles. The number of carbonyl (C=O) groups is 2. The van der Waals surface area contributed by atoms with Gasteiger partial charge in [0.2, 0.25) is 0 Å². The Morgan fingerprint density at radius 3 is 2.68 bits per heavy atom. The third-order valence-corrected chi connectivity index (χ3v) is 7.69. The van der Waals surface area contributed by atoms with Gasteiger partial charge in [-0.15, -0.1) is 0 Å². The van der Waals surface area contributed by atoms with Gasteiger partial charge < -0.3 is 14.3 Å². The second kappa shape index (κ2) is 5.12. The Labute approximate surface area is 147 Å². The molecule has 2 aliphatic carbocycles. The Morgan fingerprint density at radius 1 is 1.20 bits per heavy atom. The van der Waals surface area contributed by atoms with E-state index in [1.54, 1.807) is 6.92 Å². The quantitative estimate of drug-likeness (QED) is 0.787. The zero-order valence-electron chi connectivity index (χ0n) is 15.1. The van der Waals surface area contributed by atoms with Crippen LogP contribution in [0.3, 0.4) is 0 Å². The molecule has 1 saturated carbocycles. The molecule has 1 aromatic heterocycles. The highest BCUT2D eigenvalue weighted by Gasteiger charge is 2.63. The molecule has 1 N–H and O–H groups in total. The molecule has 5 atom stereocenters. The summed E-state index contributed by atoms with van der Waals surface area (Å²) >= 11 is 0. The second-order valence-electron chi connectivity index (χ2n) is 8.98. The monoisotopic (exact) mass is 346 g/mol. The number of hydrogen-bond donors (Lipinski definition) is 1. The van der Waals surface area contributed by atoms with E-state index in [9.17, 15) is 14.7 Å². The molecule has 25 heavy (non-hydrogen) atoms. The van der Waals surface area contributed by atoms with Gasteiger partial charge in [0.15, 0.2) is 0 Å². The summed E-state index contributed by atoms with van der Waals surface area (Å²) in [6.07, 6.45) is 7.58. The zero-order valence-corrected chi connectivity index (χ0v) is 15.1. The van der Waals surface area contributed by atoms with E-state index in [0.29, 0.717) is 6.42 Å². The van der Waals surface area contributed by atoms with Gasteiger partial charge in [0.25, 0.3) is 0 Å². The topological polar surface area (TPSA) is 76.7 Å². The van der Waals surface area contributed by atoms with E-state index in [2.05, 4.69) is 13.8 Å². The highest BCUT2D eigenvalue weighted by Crippen LogP contribution is 2.64. The summed E-state index contributed by atoms with van der Waals surface area (Å²) in [5.74, 6) is -0.954. The van der Waals surface area contributed by atoms with Crippen LogP contribution in [0.5, 0.6) is 0 Å². The first-order valence-electron chi connectivity index (χ1n) is 9.16. The van der Waals surface area contributed by atoms with Crippen molar-refractivity contribution in [1.82, 2.24) is 0 Å². The molecule has 136 valence electrons. The molecule has 0 spiro atoms. The van der Waals surface area contributed by atoms with Crippen LogP contribution in [0.4, 0.5) is 0 Å². The minimum atomic E-state index is -1.03. The average Bonchev–Trinajstić information content (AvgIpc) is 2.98. The van der Waals surface area contributed by atoms with Gasteiger partial charge in [0.05, 0.1) is 18.9 Å². The highest BCUT2D eigenvalue weighted by molar-refractivity contribution is 5.78. The molecule has 3 aliphatic rings. The number of aliphatic carboxylic acids is 1. The maximum absolute atomic E-state index is 12.4. The molecule has 0 bridgehead atoms. The maximum Gasteiger partial charge on any atom is 0.313 e. The van der Waals surface area contributed by atoms with Gasteiger partial charge in [-0.25, -0.2) is 0 Å². The number of furan rings is 1. The molecule has 2 fully saturated rings. The van der Waals surface area contributed by atoms with Crippen molar-refractivity contribution in [1.29, 1.82) is 0 Å². The summed E-state index contributed by atoms with van der Waals surface area (Å²) in [6, 6.07) is 0. The van der Waals surface area contributed by atoms with Gasteiger partial charge in [-0.05, 0) is 66.4 Å². The predicted molar refractivity (Wildman–Crippen MR) is 90.0 cm³/mol. The summed E-state index contributed by atoms with van der Waals surface area (Å²) < 4.78 is 10.9. The first kappa shape index (κ1) is 16.7. The number of rotatable bonds is 1. The summed E-state index contributed by atoms with van der Waals surface area (Å²) in [6.45, 7) is 6.12. The van der Waals surface area contributed by atoms with E-state index in [0.717, 1.165) is 25.7 Å². The number of hydrogen-bond acceptors (Lipinski definition) is 4. The predicted octanol–water partition coefficient (Wildman–Crippen LogP) is 3.55. The highest BCUT2D eigenvalue weighted by atomic mass is 16.5. The van der Waals surface area contributed by atoms with Crippen molar-refractivity contribution in [3.05, 3.63) is 23.7 Å². The van der Waals surface area contributed by atoms with Gasteiger partial charge in [0, 0.05) is 0 Å². The van der Waals surface area contributed by atoms with Crippen LogP contribution in [-0.4, -0.2) is 23.7 Å². The Bertz CT molecular complexity index is 736. The number of carboxylic acids is 1. The number of cyclic esters (lactones) is 1. The van der Waals surface area contributed by atoms with E-state index < -0.39 is 11.4 Å². The van der Waals surface area contributed by atoms with Crippen LogP contribution in [-0.2, 0) is 26.2 Å². The van der Waals surface area contributed by atoms with Gasteiger partial charge in [-0.1, -0.05) is 13.8 Å². The molecular weight excluding hydrogens is 320 g/mol. The molecule has 0 aromatic carbocycles. The van der Waals surface area contributed by atoms with E-state index in [1.165, 1.54) is 11.1 Å². The van der Waals surface area contributed by atoms with Crippen LogP contribution in [0, 0.1) is 22.7 Å². The normalized spacial score (nSPS) is 43.2. The number of esters is 1. The Morgan fingerprint density at radius 2 is 1.96 bits per heavy atom. The van der Waals surface area contributed by atoms with E-state index >= 15 is 0 Å². The van der Waals surface area contributed by atoms with Crippen molar-refractivity contribution in [3.8, 4) is 0 Å². The molecule has 0 radical (unpaired) electrons. The lowest BCUT2D eigenvalue weighted by atomic mass is 9.43. The lowest BCUT2D eigenvalue weighted by molar-refractivity contribution is -0.164. The van der Waals surface area contributed by atoms with Gasteiger partial charge in [-0.2, -0.15) is 0 Å². The van der Waals surface area contributed by atoms with Gasteiger partial charge >= 0.3 is 11.9 Å². The molecule has 0 amide bonds. The Balaban J connectivity index is 1.85. The SMILES string of the molecule is C[C@]12CC(=O)OC[C@](C)(C(=O)O)[C@@H]1CC[C@@]1(C)c3cocc3CC[C@H]21. The second-order valence-corrected chi connectivity index (χ2v) is 8.98. The fourth-order valence-corrected chi connectivity index (χ4v) is 6.40. The van der Waals surface area contributed by atoms with Crippen LogP contribution in [0.2, 0.25) is 0 Å². The first-order chi connectivity index (χ1) is 11.7. The smallest absolute Gasteiger partial charge is 0.313 e. The third-order valence-electron chi connectivity index (χ3n) is 7.69.